The lowest BCUT2D eigenvalue weighted by atomic mass is 10.4. The summed E-state index contributed by atoms with van der Waals surface area (Å²) >= 11 is 3.08. The van der Waals surface area contributed by atoms with Crippen molar-refractivity contribution in [3.8, 4) is 0 Å². The lowest BCUT2D eigenvalue weighted by molar-refractivity contribution is -0.119. The van der Waals surface area contributed by atoms with E-state index in [1.807, 2.05) is 0 Å². The molecule has 0 aromatic carbocycles. The molecule has 0 saturated carbocycles. The van der Waals surface area contributed by atoms with Gasteiger partial charge in [0.05, 0.1) is 6.04 Å². The van der Waals surface area contributed by atoms with Gasteiger partial charge in [-0.1, -0.05) is 0 Å². The number of halogens is 1. The van der Waals surface area contributed by atoms with Crippen molar-refractivity contribution in [2.45, 2.75) is 17.9 Å². The van der Waals surface area contributed by atoms with Crippen LogP contribution in [0, 0.1) is 0 Å². The van der Waals surface area contributed by atoms with E-state index < -0.39 is 22.0 Å². The molecule has 1 rings (SSSR count). The van der Waals surface area contributed by atoms with Crippen LogP contribution in [0.5, 0.6) is 0 Å². The van der Waals surface area contributed by atoms with E-state index in [4.69, 9.17) is 11.5 Å². The second-order valence-electron chi connectivity index (χ2n) is 3.28. The standard InChI is InChI=1S/C8H11BrN4O3S/c1-4(8(11)14)13-17(15,16)6-2-5(9)3-12-7(6)10/h2-4,13H,1H3,(H2,10,12)(H2,11,14). The fourth-order valence-electron chi connectivity index (χ4n) is 1.00. The van der Waals surface area contributed by atoms with Gasteiger partial charge in [0.1, 0.15) is 10.7 Å². The lowest BCUT2D eigenvalue weighted by Crippen LogP contribution is -2.42. The predicted octanol–water partition coefficient (Wildman–Crippen LogP) is -0.422. The van der Waals surface area contributed by atoms with Crippen LogP contribution in [0.4, 0.5) is 5.82 Å². The zero-order valence-electron chi connectivity index (χ0n) is 8.84. The number of carbonyl (C=O) groups is 1. The number of carbonyl (C=O) groups excluding carboxylic acids is 1. The number of hydrogen-bond acceptors (Lipinski definition) is 5. The molecule has 0 saturated heterocycles. The average molecular weight is 323 g/mol. The van der Waals surface area contributed by atoms with Crippen LogP contribution in [-0.4, -0.2) is 25.4 Å². The molecular weight excluding hydrogens is 312 g/mol. The van der Waals surface area contributed by atoms with Crippen LogP contribution in [0.2, 0.25) is 0 Å². The summed E-state index contributed by atoms with van der Waals surface area (Å²) in [7, 11) is -3.93. The summed E-state index contributed by atoms with van der Waals surface area (Å²) in [6.45, 7) is 1.33. The number of nitrogen functional groups attached to an aromatic ring is 1. The molecule has 1 unspecified atom stereocenters. The van der Waals surface area contributed by atoms with Gasteiger partial charge in [-0.05, 0) is 28.9 Å². The Kier molecular flexibility index (Phi) is 4.07. The number of hydrogen-bond donors (Lipinski definition) is 3. The van der Waals surface area contributed by atoms with Gasteiger partial charge in [-0.15, -0.1) is 0 Å². The van der Waals surface area contributed by atoms with E-state index in [0.29, 0.717) is 4.47 Å². The Morgan fingerprint density at radius 3 is 2.71 bits per heavy atom. The van der Waals surface area contributed by atoms with E-state index in [1.54, 1.807) is 0 Å². The van der Waals surface area contributed by atoms with Gasteiger partial charge in [0.15, 0.2) is 0 Å². The van der Waals surface area contributed by atoms with Crippen LogP contribution in [0.3, 0.4) is 0 Å². The maximum Gasteiger partial charge on any atom is 0.244 e. The van der Waals surface area contributed by atoms with Gasteiger partial charge in [-0.25, -0.2) is 13.4 Å². The second-order valence-corrected chi connectivity index (χ2v) is 5.88. The average Bonchev–Trinajstić information content (AvgIpc) is 2.20. The second kappa shape index (κ2) is 4.98. The molecule has 7 nitrogen and oxygen atoms in total. The van der Waals surface area contributed by atoms with Crippen molar-refractivity contribution in [2.75, 3.05) is 5.73 Å². The molecule has 1 amide bonds. The highest BCUT2D eigenvalue weighted by atomic mass is 79.9. The SMILES string of the molecule is CC(NS(=O)(=O)c1cc(Br)cnc1N)C(N)=O. The molecule has 5 N–H and O–H groups in total. The summed E-state index contributed by atoms with van der Waals surface area (Å²) < 4.78 is 26.3. The van der Waals surface area contributed by atoms with Crippen LogP contribution in [0.1, 0.15) is 6.92 Å². The molecule has 17 heavy (non-hydrogen) atoms. The highest BCUT2D eigenvalue weighted by Crippen LogP contribution is 2.20. The van der Waals surface area contributed by atoms with E-state index in [1.165, 1.54) is 19.2 Å². The van der Waals surface area contributed by atoms with Crippen molar-refractivity contribution in [3.63, 3.8) is 0 Å². The van der Waals surface area contributed by atoms with Crippen molar-refractivity contribution in [1.29, 1.82) is 0 Å². The van der Waals surface area contributed by atoms with E-state index in [0.717, 1.165) is 0 Å². The van der Waals surface area contributed by atoms with Crippen LogP contribution >= 0.6 is 15.9 Å². The number of aromatic nitrogens is 1. The third kappa shape index (κ3) is 3.38. The minimum Gasteiger partial charge on any atom is -0.383 e. The van der Waals surface area contributed by atoms with Crippen molar-refractivity contribution in [2.24, 2.45) is 5.73 Å². The molecule has 1 aromatic rings. The van der Waals surface area contributed by atoms with Crippen molar-refractivity contribution in [1.82, 2.24) is 9.71 Å². The number of pyridine rings is 1. The zero-order chi connectivity index (χ0) is 13.2. The number of sulfonamides is 1. The number of nitrogens with one attached hydrogen (secondary N) is 1. The van der Waals surface area contributed by atoms with Crippen molar-refractivity contribution < 1.29 is 13.2 Å². The Balaban J connectivity index is 3.13. The van der Waals surface area contributed by atoms with Gasteiger partial charge in [0, 0.05) is 10.7 Å². The summed E-state index contributed by atoms with van der Waals surface area (Å²) in [5, 5.41) is 0. The maximum absolute atomic E-state index is 11.9. The van der Waals surface area contributed by atoms with Crippen LogP contribution in [0.25, 0.3) is 0 Å². The first-order valence-corrected chi connectivity index (χ1v) is 6.74. The third-order valence-corrected chi connectivity index (χ3v) is 3.90. The first-order chi connectivity index (χ1) is 7.74. The number of rotatable bonds is 4. The highest BCUT2D eigenvalue weighted by Gasteiger charge is 2.23. The molecule has 0 radical (unpaired) electrons. The van der Waals surface area contributed by atoms with Crippen molar-refractivity contribution >= 4 is 37.7 Å². The molecule has 0 aliphatic carbocycles. The molecule has 1 heterocycles. The Bertz CT molecular complexity index is 546. The van der Waals surface area contributed by atoms with Crippen LogP contribution in [0.15, 0.2) is 21.6 Å². The monoisotopic (exact) mass is 322 g/mol. The van der Waals surface area contributed by atoms with Gasteiger partial charge >= 0.3 is 0 Å². The number of amides is 1. The molecule has 9 heteroatoms. The number of nitrogens with zero attached hydrogens (tertiary/aromatic N) is 1. The normalized spacial score (nSPS) is 13.3. The predicted molar refractivity (Wildman–Crippen MR) is 65.3 cm³/mol. The molecule has 0 aliphatic rings. The van der Waals surface area contributed by atoms with Crippen LogP contribution in [-0.2, 0) is 14.8 Å². The Morgan fingerprint density at radius 1 is 1.59 bits per heavy atom. The van der Waals surface area contributed by atoms with Crippen molar-refractivity contribution in [3.05, 3.63) is 16.7 Å². The summed E-state index contributed by atoms with van der Waals surface area (Å²) in [5.41, 5.74) is 10.4. The van der Waals surface area contributed by atoms with E-state index in [-0.39, 0.29) is 10.7 Å². The fraction of sp³-hybridized carbons (Fsp3) is 0.250. The first-order valence-electron chi connectivity index (χ1n) is 4.46. The zero-order valence-corrected chi connectivity index (χ0v) is 11.2. The fourth-order valence-corrected chi connectivity index (χ4v) is 2.80. The van der Waals surface area contributed by atoms with Gasteiger partial charge in [0.2, 0.25) is 15.9 Å². The minimum absolute atomic E-state index is 0.155. The van der Waals surface area contributed by atoms with E-state index in [2.05, 4.69) is 25.6 Å². The first kappa shape index (κ1) is 13.9. The summed E-state index contributed by atoms with van der Waals surface area (Å²) in [5.74, 6) is -0.938. The van der Waals surface area contributed by atoms with Gasteiger partial charge in [-0.2, -0.15) is 4.72 Å². The highest BCUT2D eigenvalue weighted by molar-refractivity contribution is 9.10. The Labute approximate surface area is 107 Å². The molecule has 0 spiro atoms. The lowest BCUT2D eigenvalue weighted by Gasteiger charge is -2.12. The molecular formula is C8H11BrN4O3S. The number of primary amides is 1. The molecule has 0 aliphatic heterocycles. The third-order valence-electron chi connectivity index (χ3n) is 1.90. The number of anilines is 1. The van der Waals surface area contributed by atoms with Gasteiger partial charge in [0.25, 0.3) is 0 Å². The molecule has 1 aromatic heterocycles. The van der Waals surface area contributed by atoms with Crippen LogP contribution < -0.4 is 16.2 Å². The summed E-state index contributed by atoms with van der Waals surface area (Å²) in [4.78, 5) is 14.3. The maximum atomic E-state index is 11.9. The van der Waals surface area contributed by atoms with Gasteiger partial charge < -0.3 is 11.5 Å². The molecule has 0 bridgehead atoms. The minimum atomic E-state index is -3.93. The summed E-state index contributed by atoms with van der Waals surface area (Å²) in [6, 6.07) is 0.261. The smallest absolute Gasteiger partial charge is 0.244 e. The van der Waals surface area contributed by atoms with E-state index >= 15 is 0 Å². The Hall–Kier alpha value is -1.19. The topological polar surface area (TPSA) is 128 Å². The number of nitrogens with two attached hydrogens (primary N) is 2. The quantitative estimate of drug-likeness (QED) is 0.693. The van der Waals surface area contributed by atoms with E-state index in [9.17, 15) is 13.2 Å². The Morgan fingerprint density at radius 2 is 2.18 bits per heavy atom. The molecule has 0 fully saturated rings. The molecule has 94 valence electrons. The molecule has 1 atom stereocenters. The summed E-state index contributed by atoms with van der Waals surface area (Å²) in [6.07, 6.45) is 1.37. The van der Waals surface area contributed by atoms with Gasteiger partial charge in [-0.3, -0.25) is 4.79 Å². The largest absolute Gasteiger partial charge is 0.383 e.